The molecule has 0 saturated heterocycles. The molecule has 4 aromatic rings. The van der Waals surface area contributed by atoms with Crippen molar-refractivity contribution in [3.05, 3.63) is 102 Å². The first kappa shape index (κ1) is 33.2. The molecule has 42 heavy (non-hydrogen) atoms. The van der Waals surface area contributed by atoms with Gasteiger partial charge >= 0.3 is 35.5 Å². The summed E-state index contributed by atoms with van der Waals surface area (Å²) in [6.07, 6.45) is -2.51. The van der Waals surface area contributed by atoms with Crippen molar-refractivity contribution in [1.29, 1.82) is 0 Å². The third kappa shape index (κ3) is 8.18. The number of carboxylic acid groups (broad SMARTS) is 1. The second kappa shape index (κ2) is 15.3. The molecule has 7 nitrogen and oxygen atoms in total. The number of halogens is 1. The Hall–Kier alpha value is -3.27. The number of hydrogen-bond donors (Lipinski definition) is 4. The molecular weight excluding hydrogens is 546 g/mol. The summed E-state index contributed by atoms with van der Waals surface area (Å²) in [6.45, 7) is 4.25. The predicted octanol–water partition coefficient (Wildman–Crippen LogP) is 3.43. The maximum absolute atomic E-state index is 14.0. The maximum Gasteiger partial charge on any atom is 1.00 e. The van der Waals surface area contributed by atoms with Crippen molar-refractivity contribution < 1.29 is 60.3 Å². The summed E-state index contributed by atoms with van der Waals surface area (Å²) in [5.74, 6) is -1.93. The number of benzene rings is 3. The smallest absolute Gasteiger partial charge is 1.00 e. The largest absolute Gasteiger partial charge is 1.00 e. The normalized spacial score (nSPS) is 12.4. The van der Waals surface area contributed by atoms with Crippen LogP contribution in [0.3, 0.4) is 0 Å². The maximum atomic E-state index is 14.0. The van der Waals surface area contributed by atoms with Crippen LogP contribution in [0.1, 0.15) is 56.5 Å². The second-order valence-electron chi connectivity index (χ2n) is 10.4. The van der Waals surface area contributed by atoms with Gasteiger partial charge in [0, 0.05) is 23.5 Å². The van der Waals surface area contributed by atoms with Gasteiger partial charge in [0.05, 0.1) is 29.9 Å². The molecule has 0 unspecified atom stereocenters. The van der Waals surface area contributed by atoms with E-state index in [-0.39, 0.29) is 68.0 Å². The van der Waals surface area contributed by atoms with E-state index in [1.165, 1.54) is 12.1 Å². The number of aliphatic carboxylic acids is 1. The minimum absolute atomic E-state index is 0. The third-order valence-electron chi connectivity index (χ3n) is 6.93. The van der Waals surface area contributed by atoms with Crippen LogP contribution >= 0.6 is 0 Å². The SMILES string of the molecule is CC(C)c1c(C(=O)Nc2ccccc2)c(-c2ccccc2)c(-c2ccc(F)cc2)n1CC[C@@H](O)C[C@@H](O)CC(=O)O.[H-].[Na+]. The van der Waals surface area contributed by atoms with Gasteiger partial charge in [-0.1, -0.05) is 62.4 Å². The summed E-state index contributed by atoms with van der Waals surface area (Å²) in [6, 6.07) is 24.8. The van der Waals surface area contributed by atoms with Crippen molar-refractivity contribution >= 4 is 17.6 Å². The number of hydrogen-bond acceptors (Lipinski definition) is 4. The van der Waals surface area contributed by atoms with Crippen molar-refractivity contribution in [2.45, 2.75) is 57.8 Å². The van der Waals surface area contributed by atoms with Gasteiger partial charge in [-0.25, -0.2) is 4.39 Å². The summed E-state index contributed by atoms with van der Waals surface area (Å²) < 4.78 is 16.0. The number of nitrogens with zero attached hydrogens (tertiary/aromatic N) is 1. The van der Waals surface area contributed by atoms with Gasteiger partial charge < -0.3 is 26.6 Å². The number of amides is 1. The van der Waals surface area contributed by atoms with E-state index in [0.29, 0.717) is 28.1 Å². The molecule has 0 fully saturated rings. The fraction of sp³-hybridized carbons (Fsp3) is 0.273. The molecule has 4 N–H and O–H groups in total. The number of aliphatic hydroxyl groups is 2. The number of carboxylic acids is 1. The minimum Gasteiger partial charge on any atom is -1.00 e. The molecule has 1 amide bonds. The Bertz CT molecular complexity index is 1480. The Balaban J connectivity index is 0.00000323. The first-order valence-corrected chi connectivity index (χ1v) is 13.7. The summed E-state index contributed by atoms with van der Waals surface area (Å²) >= 11 is 0. The molecule has 0 radical (unpaired) electrons. The van der Waals surface area contributed by atoms with E-state index >= 15 is 0 Å². The second-order valence-corrected chi connectivity index (χ2v) is 10.4. The molecule has 0 bridgehead atoms. The average molecular weight is 583 g/mol. The van der Waals surface area contributed by atoms with E-state index in [9.17, 15) is 24.2 Å². The van der Waals surface area contributed by atoms with Gasteiger partial charge in [0.25, 0.3) is 5.91 Å². The molecule has 216 valence electrons. The average Bonchev–Trinajstić information content (AvgIpc) is 3.28. The van der Waals surface area contributed by atoms with E-state index in [2.05, 4.69) is 5.32 Å². The number of para-hydroxylation sites is 1. The molecule has 0 saturated carbocycles. The predicted molar refractivity (Wildman–Crippen MR) is 158 cm³/mol. The van der Waals surface area contributed by atoms with Gasteiger partial charge in [-0.15, -0.1) is 0 Å². The van der Waals surface area contributed by atoms with Crippen LogP contribution in [-0.4, -0.2) is 44.0 Å². The molecule has 0 aliphatic rings. The van der Waals surface area contributed by atoms with Crippen molar-refractivity contribution in [2.75, 3.05) is 5.32 Å². The number of carbonyl (C=O) groups excluding carboxylic acids is 1. The van der Waals surface area contributed by atoms with E-state index in [0.717, 1.165) is 11.3 Å². The molecular formula is C33H36FN2NaO5. The van der Waals surface area contributed by atoms with E-state index < -0.39 is 24.6 Å². The zero-order valence-corrected chi connectivity index (χ0v) is 26.1. The minimum atomic E-state index is -1.18. The fourth-order valence-electron chi connectivity index (χ4n) is 5.20. The van der Waals surface area contributed by atoms with E-state index in [4.69, 9.17) is 5.11 Å². The van der Waals surface area contributed by atoms with Crippen LogP contribution < -0.4 is 34.9 Å². The summed E-state index contributed by atoms with van der Waals surface area (Å²) in [4.78, 5) is 25.0. The van der Waals surface area contributed by atoms with Crippen LogP contribution in [0, 0.1) is 5.82 Å². The van der Waals surface area contributed by atoms with Gasteiger partial charge in [0.15, 0.2) is 0 Å². The molecule has 1 heterocycles. The first-order chi connectivity index (χ1) is 19.7. The fourth-order valence-corrected chi connectivity index (χ4v) is 5.20. The molecule has 9 heteroatoms. The molecule has 0 aliphatic heterocycles. The number of anilines is 1. The zero-order chi connectivity index (χ0) is 29.5. The van der Waals surface area contributed by atoms with Crippen LogP contribution in [0.15, 0.2) is 84.9 Å². The molecule has 1 aromatic heterocycles. The topological polar surface area (TPSA) is 112 Å². The van der Waals surface area contributed by atoms with Crippen molar-refractivity contribution in [3.8, 4) is 22.4 Å². The number of rotatable bonds is 12. The van der Waals surface area contributed by atoms with Crippen molar-refractivity contribution in [3.63, 3.8) is 0 Å². The molecule has 0 aliphatic carbocycles. The molecule has 3 aromatic carbocycles. The zero-order valence-electron chi connectivity index (χ0n) is 25.1. The third-order valence-corrected chi connectivity index (χ3v) is 6.93. The quantitative estimate of drug-likeness (QED) is 0.191. The van der Waals surface area contributed by atoms with Gasteiger partial charge in [-0.2, -0.15) is 0 Å². The van der Waals surface area contributed by atoms with Gasteiger partial charge in [0.1, 0.15) is 5.82 Å². The molecule has 4 rings (SSSR count). The standard InChI is InChI=1S/C33H35FN2O5.Na.H/c1-21(2)31-30(33(41)35-25-11-7-4-8-12-25)29(22-9-5-3-6-10-22)32(23-13-15-24(34)16-14-23)36(31)18-17-26(37)19-27(38)20-28(39)40;;/h3-16,21,26-27,37-38H,17-20H2,1-2H3,(H,35,41)(H,39,40);;/q;+1;-1/t26-,27-;;/m1../s1. The summed E-state index contributed by atoms with van der Waals surface area (Å²) in [7, 11) is 0. The summed E-state index contributed by atoms with van der Waals surface area (Å²) in [5.41, 5.74) is 4.77. The van der Waals surface area contributed by atoms with Crippen LogP contribution in [-0.2, 0) is 11.3 Å². The van der Waals surface area contributed by atoms with Crippen LogP contribution in [0.2, 0.25) is 0 Å². The van der Waals surface area contributed by atoms with Gasteiger partial charge in [-0.05, 0) is 66.3 Å². The Morgan fingerprint density at radius 1 is 0.881 bits per heavy atom. The Kier molecular flexibility index (Phi) is 12.1. The molecule has 2 atom stereocenters. The number of nitrogens with one attached hydrogen (secondary N) is 1. The number of carbonyl (C=O) groups is 2. The first-order valence-electron chi connectivity index (χ1n) is 13.7. The van der Waals surface area contributed by atoms with Crippen molar-refractivity contribution in [2.24, 2.45) is 0 Å². The molecule has 0 spiro atoms. The van der Waals surface area contributed by atoms with Crippen LogP contribution in [0.4, 0.5) is 10.1 Å². The van der Waals surface area contributed by atoms with Crippen LogP contribution in [0.5, 0.6) is 0 Å². The van der Waals surface area contributed by atoms with Crippen molar-refractivity contribution in [1.82, 2.24) is 4.57 Å². The van der Waals surface area contributed by atoms with Gasteiger partial charge in [0.2, 0.25) is 0 Å². The van der Waals surface area contributed by atoms with Gasteiger partial charge in [-0.3, -0.25) is 9.59 Å². The van der Waals surface area contributed by atoms with Crippen LogP contribution in [0.25, 0.3) is 22.4 Å². The Labute approximate surface area is 268 Å². The number of aromatic nitrogens is 1. The monoisotopic (exact) mass is 582 g/mol. The number of aliphatic hydroxyl groups excluding tert-OH is 2. The Morgan fingerprint density at radius 3 is 2.05 bits per heavy atom. The Morgan fingerprint density at radius 2 is 1.48 bits per heavy atom. The summed E-state index contributed by atoms with van der Waals surface area (Å²) in [5, 5.41) is 32.8. The van der Waals surface area contributed by atoms with E-state index in [1.807, 2.05) is 79.1 Å². The van der Waals surface area contributed by atoms with E-state index in [1.54, 1.807) is 12.1 Å².